The van der Waals surface area contributed by atoms with Crippen molar-refractivity contribution in [3.63, 3.8) is 0 Å². The van der Waals surface area contributed by atoms with Crippen LogP contribution < -0.4 is 16.4 Å². The Morgan fingerprint density at radius 2 is 1.74 bits per heavy atom. The summed E-state index contributed by atoms with van der Waals surface area (Å²) in [7, 11) is 0. The second kappa shape index (κ2) is 13.2. The molecule has 226 valence electrons. The molecule has 3 aromatic rings. The number of fused-ring (bicyclic) bond motifs is 5. The van der Waals surface area contributed by atoms with Crippen LogP contribution in [-0.4, -0.2) is 48.6 Å². The van der Waals surface area contributed by atoms with E-state index >= 15 is 4.39 Å². The number of nitrogens with two attached hydrogens (primary N) is 1. The van der Waals surface area contributed by atoms with E-state index in [0.717, 1.165) is 38.1 Å². The molecular weight excluding hydrogens is 563 g/mol. The van der Waals surface area contributed by atoms with E-state index in [1.54, 1.807) is 6.07 Å². The minimum Gasteiger partial charge on any atom is -0.324 e. The summed E-state index contributed by atoms with van der Waals surface area (Å²) in [5.74, 6) is 3.96. The zero-order chi connectivity index (χ0) is 30.6. The highest BCUT2D eigenvalue weighted by Crippen LogP contribution is 2.33. The Kier molecular flexibility index (Phi) is 9.45. The fraction of sp³-hybridized carbons (Fsp3) is 0.364. The van der Waals surface area contributed by atoms with E-state index in [-0.39, 0.29) is 17.8 Å². The van der Waals surface area contributed by atoms with Crippen molar-refractivity contribution in [2.45, 2.75) is 55.9 Å². The summed E-state index contributed by atoms with van der Waals surface area (Å²) in [4.78, 5) is 15.9. The van der Waals surface area contributed by atoms with Gasteiger partial charge in [0.05, 0.1) is 24.2 Å². The van der Waals surface area contributed by atoms with Crippen LogP contribution in [0.4, 0.5) is 27.6 Å². The molecule has 3 unspecified atom stereocenters. The summed E-state index contributed by atoms with van der Waals surface area (Å²) in [5, 5.41) is 6.26. The molecule has 10 heteroatoms. The third-order valence-electron chi connectivity index (χ3n) is 8.21. The number of nitrogens with zero attached hydrogens (tertiary/aromatic N) is 1. The molecule has 1 fully saturated rings. The van der Waals surface area contributed by atoms with Crippen LogP contribution in [0.15, 0.2) is 66.7 Å². The molecule has 0 spiro atoms. The van der Waals surface area contributed by atoms with E-state index in [1.807, 2.05) is 0 Å². The molecule has 0 saturated carbocycles. The number of nitrogens with one attached hydrogen (secondary N) is 2. The normalized spacial score (nSPS) is 21.5. The van der Waals surface area contributed by atoms with Gasteiger partial charge < -0.3 is 16.4 Å². The molecule has 5 nitrogen and oxygen atoms in total. The van der Waals surface area contributed by atoms with Crippen molar-refractivity contribution in [2.75, 3.05) is 25.0 Å². The van der Waals surface area contributed by atoms with Gasteiger partial charge in [0.1, 0.15) is 11.6 Å². The maximum atomic E-state index is 15.2. The number of rotatable bonds is 8. The first-order valence-corrected chi connectivity index (χ1v) is 14.3. The van der Waals surface area contributed by atoms with Gasteiger partial charge in [-0.05, 0) is 79.8 Å². The van der Waals surface area contributed by atoms with Gasteiger partial charge in [0, 0.05) is 29.8 Å². The van der Waals surface area contributed by atoms with Gasteiger partial charge in [0.15, 0.2) is 0 Å². The predicted molar refractivity (Wildman–Crippen MR) is 155 cm³/mol. The molecule has 5 atom stereocenters. The molecule has 0 radical (unpaired) electrons. The van der Waals surface area contributed by atoms with E-state index in [4.69, 9.17) is 5.73 Å². The Balaban J connectivity index is 1.36. The summed E-state index contributed by atoms with van der Waals surface area (Å²) in [6, 6.07) is 13.1. The molecule has 3 aliphatic heterocycles. The minimum absolute atomic E-state index is 0.144. The number of amides is 1. The van der Waals surface area contributed by atoms with Gasteiger partial charge in [-0.1, -0.05) is 42.2 Å². The highest BCUT2D eigenvalue weighted by Gasteiger charge is 2.33. The predicted octanol–water partition coefficient (Wildman–Crippen LogP) is 5.45. The molecule has 0 aromatic heterocycles. The van der Waals surface area contributed by atoms with Crippen LogP contribution >= 0.6 is 0 Å². The number of alkyl halides is 3. The van der Waals surface area contributed by atoms with Gasteiger partial charge in [0.2, 0.25) is 5.91 Å². The lowest BCUT2D eigenvalue weighted by molar-refractivity contribution is -0.137. The highest BCUT2D eigenvalue weighted by atomic mass is 19.4. The van der Waals surface area contributed by atoms with Crippen molar-refractivity contribution in [3.8, 4) is 11.8 Å². The van der Waals surface area contributed by atoms with Crippen molar-refractivity contribution in [1.82, 2.24) is 10.2 Å². The van der Waals surface area contributed by atoms with Crippen molar-refractivity contribution >= 4 is 11.6 Å². The van der Waals surface area contributed by atoms with Crippen molar-refractivity contribution < 1.29 is 26.7 Å². The molecule has 4 N–H and O–H groups in total. The maximum Gasteiger partial charge on any atom is 0.416 e. The number of benzene rings is 3. The summed E-state index contributed by atoms with van der Waals surface area (Å²) in [6.45, 7) is 2.31. The number of carbonyl (C=O) groups excluding carboxylic acids is 1. The van der Waals surface area contributed by atoms with Crippen molar-refractivity contribution in [1.29, 1.82) is 0 Å². The smallest absolute Gasteiger partial charge is 0.324 e. The van der Waals surface area contributed by atoms with Crippen LogP contribution in [0.3, 0.4) is 0 Å². The van der Waals surface area contributed by atoms with Gasteiger partial charge in [-0.2, -0.15) is 13.2 Å². The monoisotopic (exact) mass is 596 g/mol. The van der Waals surface area contributed by atoms with Crippen molar-refractivity contribution in [3.05, 3.63) is 101 Å². The molecular formula is C33H33F5N4O. The first kappa shape index (κ1) is 30.7. The number of carbonyl (C=O) groups is 1. The van der Waals surface area contributed by atoms with Gasteiger partial charge >= 0.3 is 6.18 Å². The molecule has 3 aromatic carbocycles. The van der Waals surface area contributed by atoms with Crippen LogP contribution in [0.2, 0.25) is 0 Å². The van der Waals surface area contributed by atoms with Crippen LogP contribution in [0.5, 0.6) is 0 Å². The molecule has 0 aliphatic carbocycles. The maximum absolute atomic E-state index is 15.2. The van der Waals surface area contributed by atoms with Crippen LogP contribution in [0.1, 0.15) is 47.4 Å². The second-order valence-corrected chi connectivity index (χ2v) is 11.0. The minimum atomic E-state index is -4.54. The first-order chi connectivity index (χ1) is 20.6. The van der Waals surface area contributed by atoms with Gasteiger partial charge in [-0.15, -0.1) is 0 Å². The molecule has 1 amide bonds. The summed E-state index contributed by atoms with van der Waals surface area (Å²) >= 11 is 0. The van der Waals surface area contributed by atoms with Gasteiger partial charge in [-0.25, -0.2) is 8.78 Å². The molecule has 3 aliphatic rings. The standard InChI is InChI=1S/C33H33F5N4O/c34-24-14-10-22(11-15-24)30(21-8-12-23(13-9-21)33(36,37)38)31(39)32(43)41-29-7-1-6-28(35)27(29)17-16-26-20-40-25-4-2-18-42(26)19-3-5-25/h1,6-15,25-26,30-31,40H,2,4,16-20,39H2,(H,41,43)/t25?,26?,30-,31+/m1/s1. The molecule has 2 bridgehead atoms. The second-order valence-electron chi connectivity index (χ2n) is 11.0. The average molecular weight is 597 g/mol. The SMILES string of the molecule is N[C@H](C(=O)Nc1cccc(F)c1CCC1CNC2C#CCN1CCC2)[C@@H](c1ccc(F)cc1)c1ccc(C(F)(F)F)cc1. The quantitative estimate of drug-likeness (QED) is 0.239. The zero-order valence-corrected chi connectivity index (χ0v) is 23.4. The van der Waals surface area contributed by atoms with Crippen molar-refractivity contribution in [2.24, 2.45) is 5.73 Å². The van der Waals surface area contributed by atoms with E-state index in [9.17, 15) is 22.4 Å². The Morgan fingerprint density at radius 1 is 1.05 bits per heavy atom. The summed E-state index contributed by atoms with van der Waals surface area (Å²) < 4.78 is 68.4. The Bertz CT molecular complexity index is 1480. The van der Waals surface area contributed by atoms with Crippen LogP contribution in [-0.2, 0) is 17.4 Å². The fourth-order valence-corrected chi connectivity index (χ4v) is 5.84. The molecule has 1 saturated heterocycles. The first-order valence-electron chi connectivity index (χ1n) is 14.3. The summed E-state index contributed by atoms with van der Waals surface area (Å²) in [6.07, 6.45) is -1.52. The lowest BCUT2D eigenvalue weighted by Gasteiger charge is -2.35. The Morgan fingerprint density at radius 3 is 2.44 bits per heavy atom. The largest absolute Gasteiger partial charge is 0.416 e. The Labute approximate surface area is 247 Å². The zero-order valence-electron chi connectivity index (χ0n) is 23.4. The van der Waals surface area contributed by atoms with E-state index in [1.165, 1.54) is 48.5 Å². The molecule has 6 rings (SSSR count). The Hall–Kier alpha value is -3.78. The highest BCUT2D eigenvalue weighted by molar-refractivity contribution is 5.96. The van der Waals surface area contributed by atoms with Gasteiger partial charge in [0.25, 0.3) is 0 Å². The summed E-state index contributed by atoms with van der Waals surface area (Å²) in [5.41, 5.74) is 7.03. The van der Waals surface area contributed by atoms with E-state index in [2.05, 4.69) is 27.4 Å². The number of hydrogen-bond acceptors (Lipinski definition) is 4. The third-order valence-corrected chi connectivity index (χ3v) is 8.21. The van der Waals surface area contributed by atoms with E-state index in [0.29, 0.717) is 36.1 Å². The topological polar surface area (TPSA) is 70.4 Å². The van der Waals surface area contributed by atoms with E-state index < -0.39 is 41.2 Å². The molecule has 43 heavy (non-hydrogen) atoms. The third kappa shape index (κ3) is 7.42. The van der Waals surface area contributed by atoms with Crippen LogP contribution in [0.25, 0.3) is 0 Å². The number of hydrogen-bond donors (Lipinski definition) is 3. The van der Waals surface area contributed by atoms with Crippen LogP contribution in [0, 0.1) is 23.5 Å². The average Bonchev–Trinajstić information content (AvgIpc) is 2.94. The van der Waals surface area contributed by atoms with Gasteiger partial charge in [-0.3, -0.25) is 9.69 Å². The lowest BCUT2D eigenvalue weighted by Crippen LogP contribution is -2.49. The number of anilines is 1. The number of halogens is 5. The lowest BCUT2D eigenvalue weighted by atomic mass is 9.84. The molecule has 3 heterocycles. The fourth-order valence-electron chi connectivity index (χ4n) is 5.84.